The molecule has 3 heteroatoms. The lowest BCUT2D eigenvalue weighted by Gasteiger charge is -2.19. The van der Waals surface area contributed by atoms with E-state index in [1.807, 2.05) is 11.8 Å². The molecule has 0 aliphatic carbocycles. The van der Waals surface area contributed by atoms with Crippen molar-refractivity contribution in [3.05, 3.63) is 0 Å². The molecule has 1 rings (SSSR count). The van der Waals surface area contributed by atoms with Gasteiger partial charge in [-0.3, -0.25) is 4.90 Å². The van der Waals surface area contributed by atoms with E-state index in [-0.39, 0.29) is 12.1 Å². The van der Waals surface area contributed by atoms with E-state index in [9.17, 15) is 5.11 Å². The Labute approximate surface area is 67.2 Å². The third kappa shape index (κ3) is 1.92. The van der Waals surface area contributed by atoms with Gasteiger partial charge in [0.1, 0.15) is 0 Å². The van der Waals surface area contributed by atoms with Gasteiger partial charge < -0.3 is 5.11 Å². The van der Waals surface area contributed by atoms with Crippen molar-refractivity contribution in [2.24, 2.45) is 0 Å². The summed E-state index contributed by atoms with van der Waals surface area (Å²) in [6.07, 6.45) is 1.46. The Balaban J connectivity index is 2.42. The lowest BCUT2D eigenvalue weighted by Crippen LogP contribution is -2.32. The summed E-state index contributed by atoms with van der Waals surface area (Å²) in [5.41, 5.74) is 0. The van der Waals surface area contributed by atoms with Crippen LogP contribution in [0.25, 0.3) is 0 Å². The normalized spacial score (nSPS) is 28.3. The maximum Gasteiger partial charge on any atom is 0.0976 e. The fraction of sp³-hybridized carbons (Fsp3) is 0.875. The highest BCUT2D eigenvalue weighted by molar-refractivity contribution is 4.93. The van der Waals surface area contributed by atoms with E-state index in [4.69, 9.17) is 5.26 Å². The van der Waals surface area contributed by atoms with E-state index in [1.165, 1.54) is 0 Å². The molecule has 0 bridgehead atoms. The summed E-state index contributed by atoms with van der Waals surface area (Å²) in [7, 11) is 0. The van der Waals surface area contributed by atoms with Gasteiger partial charge in [-0.05, 0) is 12.8 Å². The van der Waals surface area contributed by atoms with Gasteiger partial charge in [0.05, 0.1) is 18.2 Å². The first-order valence-corrected chi connectivity index (χ1v) is 4.09. The topological polar surface area (TPSA) is 47.3 Å². The van der Waals surface area contributed by atoms with Crippen molar-refractivity contribution in [3.63, 3.8) is 0 Å². The molecule has 3 nitrogen and oxygen atoms in total. The van der Waals surface area contributed by atoms with Crippen molar-refractivity contribution in [2.75, 3.05) is 13.1 Å². The Morgan fingerprint density at radius 1 is 1.82 bits per heavy atom. The largest absolute Gasteiger partial charge is 0.392 e. The Kier molecular flexibility index (Phi) is 2.86. The molecule has 1 saturated heterocycles. The standard InChI is InChI=1S/C8H14N2O/c1-2-7(5-9)10-4-3-8(11)6-10/h7-8,11H,2-4,6H2,1H3. The summed E-state index contributed by atoms with van der Waals surface area (Å²) in [5.74, 6) is 0. The number of nitrogens with zero attached hydrogens (tertiary/aromatic N) is 2. The number of aliphatic hydroxyl groups is 1. The van der Waals surface area contributed by atoms with Gasteiger partial charge >= 0.3 is 0 Å². The molecule has 0 aromatic rings. The summed E-state index contributed by atoms with van der Waals surface area (Å²) in [6.45, 7) is 3.54. The fourth-order valence-electron chi connectivity index (χ4n) is 1.48. The zero-order valence-corrected chi connectivity index (χ0v) is 6.82. The van der Waals surface area contributed by atoms with Gasteiger partial charge in [-0.1, -0.05) is 6.92 Å². The number of nitriles is 1. The lowest BCUT2D eigenvalue weighted by atomic mass is 10.2. The minimum Gasteiger partial charge on any atom is -0.392 e. The second kappa shape index (κ2) is 3.70. The zero-order valence-electron chi connectivity index (χ0n) is 6.82. The first-order chi connectivity index (χ1) is 5.27. The van der Waals surface area contributed by atoms with Crippen LogP contribution in [0.3, 0.4) is 0 Å². The summed E-state index contributed by atoms with van der Waals surface area (Å²) < 4.78 is 0. The number of β-amino-alcohol motifs (C(OH)–C–C–N with tert-alkyl or cyclic N) is 1. The molecule has 2 unspecified atom stereocenters. The monoisotopic (exact) mass is 154 g/mol. The van der Waals surface area contributed by atoms with E-state index in [1.54, 1.807) is 0 Å². The predicted octanol–water partition coefficient (Wildman–Crippen LogP) is 0.355. The molecule has 1 heterocycles. The SMILES string of the molecule is CCC(C#N)N1CCC(O)C1. The number of rotatable bonds is 2. The van der Waals surface area contributed by atoms with Gasteiger partial charge in [-0.15, -0.1) is 0 Å². The average Bonchev–Trinajstić information content (AvgIpc) is 2.39. The van der Waals surface area contributed by atoms with Crippen LogP contribution >= 0.6 is 0 Å². The van der Waals surface area contributed by atoms with Gasteiger partial charge in [-0.2, -0.15) is 5.26 Å². The lowest BCUT2D eigenvalue weighted by molar-refractivity contribution is 0.168. The molecule has 0 aromatic heterocycles. The molecule has 62 valence electrons. The highest BCUT2D eigenvalue weighted by Crippen LogP contribution is 2.13. The zero-order chi connectivity index (χ0) is 8.27. The van der Waals surface area contributed by atoms with E-state index in [0.717, 1.165) is 19.4 Å². The number of hydrogen-bond donors (Lipinski definition) is 1. The number of aliphatic hydroxyl groups excluding tert-OH is 1. The van der Waals surface area contributed by atoms with Crippen LogP contribution in [0, 0.1) is 11.3 Å². The Morgan fingerprint density at radius 3 is 2.91 bits per heavy atom. The Morgan fingerprint density at radius 2 is 2.55 bits per heavy atom. The van der Waals surface area contributed by atoms with Crippen LogP contribution in [0.15, 0.2) is 0 Å². The molecular formula is C8H14N2O. The van der Waals surface area contributed by atoms with Gasteiger partial charge in [0.15, 0.2) is 0 Å². The van der Waals surface area contributed by atoms with Crippen molar-refractivity contribution in [1.29, 1.82) is 5.26 Å². The van der Waals surface area contributed by atoms with E-state index < -0.39 is 0 Å². The number of hydrogen-bond acceptors (Lipinski definition) is 3. The summed E-state index contributed by atoms with van der Waals surface area (Å²) in [4.78, 5) is 2.05. The van der Waals surface area contributed by atoms with Crippen LogP contribution in [0.4, 0.5) is 0 Å². The minimum absolute atomic E-state index is 0.00662. The number of likely N-dealkylation sites (tertiary alicyclic amines) is 1. The molecule has 1 aliphatic rings. The molecule has 0 spiro atoms. The second-order valence-corrected chi connectivity index (χ2v) is 2.99. The van der Waals surface area contributed by atoms with Crippen molar-refractivity contribution >= 4 is 0 Å². The van der Waals surface area contributed by atoms with Crippen LogP contribution in [0.2, 0.25) is 0 Å². The Bertz CT molecular complexity index is 164. The average molecular weight is 154 g/mol. The third-order valence-corrected chi connectivity index (χ3v) is 2.17. The van der Waals surface area contributed by atoms with E-state index in [0.29, 0.717) is 6.54 Å². The fourth-order valence-corrected chi connectivity index (χ4v) is 1.48. The van der Waals surface area contributed by atoms with E-state index in [2.05, 4.69) is 6.07 Å². The van der Waals surface area contributed by atoms with Crippen molar-refractivity contribution in [1.82, 2.24) is 4.90 Å². The molecule has 11 heavy (non-hydrogen) atoms. The Hall–Kier alpha value is -0.590. The first kappa shape index (κ1) is 8.51. The molecule has 1 N–H and O–H groups in total. The summed E-state index contributed by atoms with van der Waals surface area (Å²) in [6, 6.07) is 2.24. The summed E-state index contributed by atoms with van der Waals surface area (Å²) in [5, 5.41) is 17.9. The predicted molar refractivity (Wildman–Crippen MR) is 41.9 cm³/mol. The minimum atomic E-state index is -0.211. The highest BCUT2D eigenvalue weighted by Gasteiger charge is 2.25. The van der Waals surface area contributed by atoms with Crippen molar-refractivity contribution in [3.8, 4) is 6.07 Å². The van der Waals surface area contributed by atoms with Gasteiger partial charge in [-0.25, -0.2) is 0 Å². The van der Waals surface area contributed by atoms with E-state index >= 15 is 0 Å². The maximum atomic E-state index is 9.19. The molecule has 0 amide bonds. The van der Waals surface area contributed by atoms with Crippen LogP contribution in [0.5, 0.6) is 0 Å². The van der Waals surface area contributed by atoms with Crippen LogP contribution in [0.1, 0.15) is 19.8 Å². The quantitative estimate of drug-likeness (QED) is 0.624. The first-order valence-electron chi connectivity index (χ1n) is 4.09. The maximum absolute atomic E-state index is 9.19. The van der Waals surface area contributed by atoms with Gasteiger partial charge in [0.2, 0.25) is 0 Å². The van der Waals surface area contributed by atoms with Gasteiger partial charge in [0, 0.05) is 13.1 Å². The van der Waals surface area contributed by atoms with Crippen LogP contribution in [-0.4, -0.2) is 35.2 Å². The third-order valence-electron chi connectivity index (χ3n) is 2.17. The highest BCUT2D eigenvalue weighted by atomic mass is 16.3. The van der Waals surface area contributed by atoms with Crippen molar-refractivity contribution < 1.29 is 5.11 Å². The second-order valence-electron chi connectivity index (χ2n) is 2.99. The molecule has 1 fully saturated rings. The molecule has 2 atom stereocenters. The van der Waals surface area contributed by atoms with Crippen LogP contribution in [-0.2, 0) is 0 Å². The molecular weight excluding hydrogens is 140 g/mol. The summed E-state index contributed by atoms with van der Waals surface area (Å²) >= 11 is 0. The van der Waals surface area contributed by atoms with Crippen molar-refractivity contribution in [2.45, 2.75) is 31.9 Å². The molecule has 0 saturated carbocycles. The smallest absolute Gasteiger partial charge is 0.0976 e. The molecule has 0 aromatic carbocycles. The van der Waals surface area contributed by atoms with Gasteiger partial charge in [0.25, 0.3) is 0 Å². The molecule has 0 radical (unpaired) electrons. The molecule has 1 aliphatic heterocycles. The van der Waals surface area contributed by atoms with Crippen LogP contribution < -0.4 is 0 Å².